The molecule has 0 atom stereocenters. The Bertz CT molecular complexity index is 876. The molecule has 6 nitrogen and oxygen atoms in total. The maximum atomic E-state index is 12.1. The number of anilines is 1. The number of aromatic nitrogens is 2. The molecule has 160 valence electrons. The topological polar surface area (TPSA) is 58.6 Å². The Balaban J connectivity index is 1.54. The van der Waals surface area contributed by atoms with Crippen LogP contribution in [0.2, 0.25) is 0 Å². The molecule has 1 fully saturated rings. The lowest BCUT2D eigenvalue weighted by Gasteiger charge is -2.41. The van der Waals surface area contributed by atoms with Gasteiger partial charge in [0.15, 0.2) is 0 Å². The third-order valence-electron chi connectivity index (χ3n) is 6.23. The number of benzene rings is 1. The summed E-state index contributed by atoms with van der Waals surface area (Å²) in [6.07, 6.45) is 3.34. The van der Waals surface area contributed by atoms with E-state index in [4.69, 9.17) is 14.7 Å². The van der Waals surface area contributed by atoms with Crippen molar-refractivity contribution in [1.29, 1.82) is 0 Å². The van der Waals surface area contributed by atoms with Crippen LogP contribution in [0.4, 0.5) is 5.82 Å². The molecule has 4 rings (SSSR count). The van der Waals surface area contributed by atoms with Crippen molar-refractivity contribution < 1.29 is 9.53 Å². The minimum Gasteiger partial charge on any atom is -0.466 e. The van der Waals surface area contributed by atoms with Gasteiger partial charge >= 0.3 is 5.97 Å². The first-order valence-corrected chi connectivity index (χ1v) is 11.0. The zero-order chi connectivity index (χ0) is 21.1. The zero-order valence-electron chi connectivity index (χ0n) is 18.3. The highest BCUT2D eigenvalue weighted by atomic mass is 16.5. The molecular weight excluding hydrogens is 376 g/mol. The van der Waals surface area contributed by atoms with Crippen molar-refractivity contribution in [1.82, 2.24) is 14.9 Å². The van der Waals surface area contributed by atoms with Gasteiger partial charge in [-0.2, -0.15) is 0 Å². The molecule has 0 amide bonds. The van der Waals surface area contributed by atoms with Gasteiger partial charge < -0.3 is 9.64 Å². The Hall–Kier alpha value is -2.47. The number of piperidine rings is 1. The van der Waals surface area contributed by atoms with Gasteiger partial charge in [-0.3, -0.25) is 9.69 Å². The Morgan fingerprint density at radius 1 is 1.17 bits per heavy atom. The molecule has 1 saturated heterocycles. The van der Waals surface area contributed by atoms with Crippen molar-refractivity contribution in [3.05, 3.63) is 53.5 Å². The lowest BCUT2D eigenvalue weighted by Crippen LogP contribution is -2.44. The van der Waals surface area contributed by atoms with Crippen molar-refractivity contribution in [2.45, 2.75) is 52.1 Å². The predicted molar refractivity (Wildman–Crippen MR) is 117 cm³/mol. The molecule has 0 radical (unpaired) electrons. The summed E-state index contributed by atoms with van der Waals surface area (Å²) >= 11 is 0. The minimum absolute atomic E-state index is 0.00452. The lowest BCUT2D eigenvalue weighted by molar-refractivity contribution is -0.148. The molecule has 0 N–H and O–H groups in total. The first kappa shape index (κ1) is 20.8. The summed E-state index contributed by atoms with van der Waals surface area (Å²) in [4.78, 5) is 26.3. The number of carbonyl (C=O) groups is 1. The van der Waals surface area contributed by atoms with Gasteiger partial charge in [-0.05, 0) is 25.3 Å². The fourth-order valence-electron chi connectivity index (χ4n) is 4.86. The number of esters is 1. The molecule has 30 heavy (non-hydrogen) atoms. The SMILES string of the molecule is CCOC(=O)C1CCN(c2ncnc3c2CN(Cc2ccccc2)CC3(C)C)CC1. The second-order valence-electron chi connectivity index (χ2n) is 9.05. The van der Waals surface area contributed by atoms with Crippen LogP contribution < -0.4 is 4.90 Å². The second kappa shape index (κ2) is 8.72. The van der Waals surface area contributed by atoms with Crippen molar-refractivity contribution in [2.75, 3.05) is 31.1 Å². The summed E-state index contributed by atoms with van der Waals surface area (Å²) in [5, 5.41) is 0. The third kappa shape index (κ3) is 4.33. The molecule has 0 bridgehead atoms. The van der Waals surface area contributed by atoms with Gasteiger partial charge in [-0.25, -0.2) is 9.97 Å². The van der Waals surface area contributed by atoms with Crippen molar-refractivity contribution in [3.63, 3.8) is 0 Å². The quantitative estimate of drug-likeness (QED) is 0.705. The van der Waals surface area contributed by atoms with E-state index < -0.39 is 0 Å². The average molecular weight is 409 g/mol. The third-order valence-corrected chi connectivity index (χ3v) is 6.23. The average Bonchev–Trinajstić information content (AvgIpc) is 2.74. The van der Waals surface area contributed by atoms with E-state index in [2.05, 4.69) is 54.0 Å². The number of rotatable bonds is 5. The Kier molecular flexibility index (Phi) is 6.04. The largest absolute Gasteiger partial charge is 0.466 e. The second-order valence-corrected chi connectivity index (χ2v) is 9.05. The van der Waals surface area contributed by atoms with Crippen LogP contribution in [0.3, 0.4) is 0 Å². The highest BCUT2D eigenvalue weighted by molar-refractivity contribution is 5.73. The zero-order valence-corrected chi connectivity index (χ0v) is 18.3. The number of fused-ring (bicyclic) bond motifs is 1. The Labute approximate surface area is 179 Å². The van der Waals surface area contributed by atoms with Crippen molar-refractivity contribution in [2.24, 2.45) is 5.92 Å². The molecule has 0 aliphatic carbocycles. The predicted octanol–water partition coefficient (Wildman–Crippen LogP) is 3.55. The Morgan fingerprint density at radius 3 is 2.60 bits per heavy atom. The van der Waals surface area contributed by atoms with E-state index in [1.54, 1.807) is 6.33 Å². The van der Waals surface area contributed by atoms with Gasteiger partial charge in [-0.15, -0.1) is 0 Å². The summed E-state index contributed by atoms with van der Waals surface area (Å²) in [5.41, 5.74) is 3.68. The van der Waals surface area contributed by atoms with Gasteiger partial charge in [-0.1, -0.05) is 44.2 Å². The van der Waals surface area contributed by atoms with Gasteiger partial charge in [0.05, 0.1) is 18.2 Å². The summed E-state index contributed by atoms with van der Waals surface area (Å²) < 4.78 is 5.22. The van der Waals surface area contributed by atoms with E-state index in [9.17, 15) is 4.79 Å². The molecule has 2 aliphatic rings. The molecule has 2 aromatic rings. The molecule has 2 aliphatic heterocycles. The monoisotopic (exact) mass is 408 g/mol. The van der Waals surface area contributed by atoms with E-state index in [0.29, 0.717) is 6.61 Å². The highest BCUT2D eigenvalue weighted by Crippen LogP contribution is 2.37. The maximum Gasteiger partial charge on any atom is 0.309 e. The number of hydrogen-bond acceptors (Lipinski definition) is 6. The summed E-state index contributed by atoms with van der Waals surface area (Å²) in [6, 6.07) is 10.6. The minimum atomic E-state index is -0.0583. The van der Waals surface area contributed by atoms with E-state index in [-0.39, 0.29) is 17.3 Å². The van der Waals surface area contributed by atoms with E-state index in [1.807, 2.05) is 6.92 Å². The van der Waals surface area contributed by atoms with Crippen molar-refractivity contribution >= 4 is 11.8 Å². The van der Waals surface area contributed by atoms with E-state index in [0.717, 1.165) is 57.1 Å². The van der Waals surface area contributed by atoms with Crippen LogP contribution in [0.15, 0.2) is 36.7 Å². The van der Waals surface area contributed by atoms with Crippen molar-refractivity contribution in [3.8, 4) is 0 Å². The van der Waals surface area contributed by atoms with Crippen LogP contribution in [-0.4, -0.2) is 47.1 Å². The Morgan fingerprint density at radius 2 is 1.90 bits per heavy atom. The first-order chi connectivity index (χ1) is 14.5. The van der Waals surface area contributed by atoms with E-state index in [1.165, 1.54) is 11.1 Å². The molecule has 1 aromatic heterocycles. The molecule has 0 unspecified atom stereocenters. The summed E-state index contributed by atoms with van der Waals surface area (Å²) in [7, 11) is 0. The molecule has 1 aromatic carbocycles. The maximum absolute atomic E-state index is 12.1. The van der Waals surface area contributed by atoms with Crippen LogP contribution in [0.1, 0.15) is 50.4 Å². The number of carbonyl (C=O) groups excluding carboxylic acids is 1. The van der Waals surface area contributed by atoms with Crippen LogP contribution in [0.25, 0.3) is 0 Å². The normalized spacial score (nSPS) is 19.4. The summed E-state index contributed by atoms with van der Waals surface area (Å²) in [5.74, 6) is 0.982. The molecular formula is C24H32N4O2. The number of hydrogen-bond donors (Lipinski definition) is 0. The fourth-order valence-corrected chi connectivity index (χ4v) is 4.86. The fraction of sp³-hybridized carbons (Fsp3) is 0.542. The van der Waals surface area contributed by atoms with Crippen LogP contribution in [0, 0.1) is 5.92 Å². The first-order valence-electron chi connectivity index (χ1n) is 11.0. The van der Waals surface area contributed by atoms with Crippen LogP contribution in [-0.2, 0) is 28.0 Å². The van der Waals surface area contributed by atoms with Crippen LogP contribution >= 0.6 is 0 Å². The van der Waals surface area contributed by atoms with Gasteiger partial charge in [0.1, 0.15) is 12.1 Å². The number of ether oxygens (including phenoxy) is 1. The standard InChI is InChI=1S/C24H32N4O2/c1-4-30-23(29)19-10-12-28(13-11-19)22-20-15-27(14-18-8-6-5-7-9-18)16-24(2,3)21(20)25-17-26-22/h5-9,17,19H,4,10-16H2,1-3H3. The molecule has 6 heteroatoms. The lowest BCUT2D eigenvalue weighted by atomic mass is 9.82. The highest BCUT2D eigenvalue weighted by Gasteiger charge is 2.36. The number of nitrogens with zero attached hydrogens (tertiary/aromatic N) is 4. The molecule has 0 spiro atoms. The smallest absolute Gasteiger partial charge is 0.309 e. The molecule has 0 saturated carbocycles. The van der Waals surface area contributed by atoms with Gasteiger partial charge in [0.2, 0.25) is 0 Å². The molecule has 3 heterocycles. The van der Waals surface area contributed by atoms with Gasteiger partial charge in [0.25, 0.3) is 0 Å². The van der Waals surface area contributed by atoms with Crippen LogP contribution in [0.5, 0.6) is 0 Å². The summed E-state index contributed by atoms with van der Waals surface area (Å²) in [6.45, 7) is 11.2. The van der Waals surface area contributed by atoms with E-state index >= 15 is 0 Å². The van der Waals surface area contributed by atoms with Gasteiger partial charge in [0, 0.05) is 43.7 Å².